The zero-order chi connectivity index (χ0) is 14.3. The molecular formula is C15H25ClN2O2. The molecule has 0 saturated heterocycles. The van der Waals surface area contributed by atoms with E-state index in [0.29, 0.717) is 12.2 Å². The number of nitrogens with zero attached hydrogens (tertiary/aromatic N) is 2. The fraction of sp³-hybridized carbons (Fsp3) is 0.600. The molecule has 0 aromatic carbocycles. The van der Waals surface area contributed by atoms with E-state index in [9.17, 15) is 4.79 Å². The van der Waals surface area contributed by atoms with Crippen LogP contribution >= 0.6 is 12.4 Å². The molecule has 0 aliphatic carbocycles. The lowest BCUT2D eigenvalue weighted by Crippen LogP contribution is -2.37. The van der Waals surface area contributed by atoms with Gasteiger partial charge in [-0.15, -0.1) is 12.4 Å². The minimum absolute atomic E-state index is 0. The first kappa shape index (κ1) is 18.9. The number of aromatic nitrogens is 1. The van der Waals surface area contributed by atoms with Crippen LogP contribution in [0.1, 0.15) is 38.1 Å². The Kier molecular flexibility index (Phi) is 8.42. The van der Waals surface area contributed by atoms with Gasteiger partial charge in [-0.2, -0.15) is 0 Å². The first-order valence-corrected chi connectivity index (χ1v) is 6.78. The Balaban J connectivity index is 0.00000361. The Morgan fingerprint density at radius 2 is 2.00 bits per heavy atom. The number of hydrogen-bond donors (Lipinski definition) is 0. The quantitative estimate of drug-likeness (QED) is 0.726. The number of esters is 1. The molecule has 1 rings (SSSR count). The highest BCUT2D eigenvalue weighted by molar-refractivity contribution is 5.88. The summed E-state index contributed by atoms with van der Waals surface area (Å²) in [6, 6.07) is 3.45. The average Bonchev–Trinajstić information content (AvgIpc) is 2.43. The van der Waals surface area contributed by atoms with E-state index in [1.54, 1.807) is 18.3 Å². The highest BCUT2D eigenvalue weighted by Gasteiger charge is 2.23. The van der Waals surface area contributed by atoms with E-state index in [1.807, 2.05) is 0 Å². The maximum absolute atomic E-state index is 11.8. The van der Waals surface area contributed by atoms with Crippen molar-refractivity contribution in [2.45, 2.75) is 27.7 Å². The molecule has 0 bridgehead atoms. The Morgan fingerprint density at radius 1 is 1.35 bits per heavy atom. The number of hydrogen-bond acceptors (Lipinski definition) is 4. The lowest BCUT2D eigenvalue weighted by molar-refractivity contribution is 0.0274. The van der Waals surface area contributed by atoms with E-state index in [4.69, 9.17) is 4.74 Å². The molecule has 0 unspecified atom stereocenters. The molecule has 0 aliphatic heterocycles. The lowest BCUT2D eigenvalue weighted by Gasteiger charge is -2.30. The van der Waals surface area contributed by atoms with Crippen molar-refractivity contribution in [2.75, 3.05) is 26.2 Å². The van der Waals surface area contributed by atoms with E-state index in [1.165, 1.54) is 6.20 Å². The second-order valence-corrected chi connectivity index (χ2v) is 5.44. The van der Waals surface area contributed by atoms with Crippen molar-refractivity contribution >= 4 is 18.4 Å². The molecule has 0 fully saturated rings. The second kappa shape index (κ2) is 8.93. The largest absolute Gasteiger partial charge is 0.461 e. The van der Waals surface area contributed by atoms with Crippen molar-refractivity contribution in [1.82, 2.24) is 9.88 Å². The van der Waals surface area contributed by atoms with Gasteiger partial charge in [0.25, 0.3) is 0 Å². The van der Waals surface area contributed by atoms with Crippen molar-refractivity contribution in [3.63, 3.8) is 0 Å². The topological polar surface area (TPSA) is 42.4 Å². The van der Waals surface area contributed by atoms with Crippen LogP contribution < -0.4 is 0 Å². The van der Waals surface area contributed by atoms with Gasteiger partial charge >= 0.3 is 5.97 Å². The summed E-state index contributed by atoms with van der Waals surface area (Å²) in [7, 11) is 0. The molecular weight excluding hydrogens is 276 g/mol. The van der Waals surface area contributed by atoms with Gasteiger partial charge in [-0.3, -0.25) is 4.98 Å². The Hall–Kier alpha value is -1.13. The van der Waals surface area contributed by atoms with Crippen LogP contribution in [0.25, 0.3) is 0 Å². The first-order valence-electron chi connectivity index (χ1n) is 6.78. The standard InChI is InChI=1S/C15H24N2O2.ClH/c1-5-17(6-2)11-15(3,4)12-19-14(18)13-8-7-9-16-10-13;/h7-10H,5-6,11-12H2,1-4H3;1H. The predicted octanol–water partition coefficient (Wildman–Crippen LogP) is 3.03. The zero-order valence-corrected chi connectivity index (χ0v) is 13.6. The molecule has 1 aromatic heterocycles. The second-order valence-electron chi connectivity index (χ2n) is 5.44. The van der Waals surface area contributed by atoms with Crippen LogP contribution in [0.15, 0.2) is 24.5 Å². The number of pyridine rings is 1. The van der Waals surface area contributed by atoms with E-state index < -0.39 is 0 Å². The van der Waals surface area contributed by atoms with Gasteiger partial charge in [-0.25, -0.2) is 4.79 Å². The Morgan fingerprint density at radius 3 is 2.50 bits per heavy atom. The molecule has 0 spiro atoms. The SMILES string of the molecule is CCN(CC)CC(C)(C)COC(=O)c1cccnc1.Cl. The Labute approximate surface area is 127 Å². The smallest absolute Gasteiger partial charge is 0.339 e. The van der Waals surface area contributed by atoms with Gasteiger partial charge in [0.15, 0.2) is 0 Å². The fourth-order valence-corrected chi connectivity index (χ4v) is 1.93. The zero-order valence-electron chi connectivity index (χ0n) is 12.8. The van der Waals surface area contributed by atoms with Crippen LogP contribution in [0.5, 0.6) is 0 Å². The van der Waals surface area contributed by atoms with Crippen molar-refractivity contribution in [3.8, 4) is 0 Å². The van der Waals surface area contributed by atoms with Crippen LogP contribution in [0.4, 0.5) is 0 Å². The molecule has 0 amide bonds. The summed E-state index contributed by atoms with van der Waals surface area (Å²) in [5, 5.41) is 0. The first-order chi connectivity index (χ1) is 8.98. The molecule has 1 aromatic rings. The molecule has 5 heteroatoms. The number of rotatable bonds is 7. The highest BCUT2D eigenvalue weighted by Crippen LogP contribution is 2.18. The summed E-state index contributed by atoms with van der Waals surface area (Å²) >= 11 is 0. The highest BCUT2D eigenvalue weighted by atomic mass is 35.5. The number of carbonyl (C=O) groups is 1. The molecule has 20 heavy (non-hydrogen) atoms. The molecule has 0 aliphatic rings. The lowest BCUT2D eigenvalue weighted by atomic mass is 9.94. The van der Waals surface area contributed by atoms with E-state index in [2.05, 4.69) is 37.6 Å². The monoisotopic (exact) mass is 300 g/mol. The number of carbonyl (C=O) groups excluding carboxylic acids is 1. The number of ether oxygens (including phenoxy) is 1. The molecule has 4 nitrogen and oxygen atoms in total. The van der Waals surface area contributed by atoms with Gasteiger partial charge in [0.2, 0.25) is 0 Å². The van der Waals surface area contributed by atoms with Crippen molar-refractivity contribution in [2.24, 2.45) is 5.41 Å². The van der Waals surface area contributed by atoms with Crippen LogP contribution in [0, 0.1) is 5.41 Å². The minimum atomic E-state index is -0.305. The third-order valence-electron chi connectivity index (χ3n) is 3.04. The van der Waals surface area contributed by atoms with E-state index >= 15 is 0 Å². The van der Waals surface area contributed by atoms with Crippen LogP contribution in [-0.2, 0) is 4.74 Å². The normalized spacial score (nSPS) is 11.1. The average molecular weight is 301 g/mol. The molecule has 0 radical (unpaired) electrons. The summed E-state index contributed by atoms with van der Waals surface area (Å²) in [6.07, 6.45) is 3.17. The van der Waals surface area contributed by atoms with Gasteiger partial charge in [0.05, 0.1) is 12.2 Å². The number of halogens is 1. The molecule has 0 atom stereocenters. The fourth-order valence-electron chi connectivity index (χ4n) is 1.93. The van der Waals surface area contributed by atoms with Crippen molar-refractivity contribution < 1.29 is 9.53 Å². The summed E-state index contributed by atoms with van der Waals surface area (Å²) in [4.78, 5) is 18.1. The summed E-state index contributed by atoms with van der Waals surface area (Å²) in [5.74, 6) is -0.305. The van der Waals surface area contributed by atoms with Crippen LogP contribution in [0.2, 0.25) is 0 Å². The summed E-state index contributed by atoms with van der Waals surface area (Å²) < 4.78 is 5.38. The summed E-state index contributed by atoms with van der Waals surface area (Å²) in [5.41, 5.74) is 0.449. The van der Waals surface area contributed by atoms with Crippen LogP contribution in [0.3, 0.4) is 0 Å². The van der Waals surface area contributed by atoms with Gasteiger partial charge < -0.3 is 9.64 Å². The van der Waals surface area contributed by atoms with Crippen LogP contribution in [-0.4, -0.2) is 42.1 Å². The third kappa shape index (κ3) is 6.35. The third-order valence-corrected chi connectivity index (χ3v) is 3.04. The van der Waals surface area contributed by atoms with Crippen molar-refractivity contribution in [3.05, 3.63) is 30.1 Å². The van der Waals surface area contributed by atoms with Gasteiger partial charge in [-0.05, 0) is 25.2 Å². The molecule has 0 saturated carbocycles. The van der Waals surface area contributed by atoms with Gasteiger partial charge in [0, 0.05) is 24.4 Å². The summed E-state index contributed by atoms with van der Waals surface area (Å²) in [6.45, 7) is 11.9. The minimum Gasteiger partial charge on any atom is -0.461 e. The van der Waals surface area contributed by atoms with Gasteiger partial charge in [-0.1, -0.05) is 27.7 Å². The molecule has 114 valence electrons. The molecule has 1 heterocycles. The van der Waals surface area contributed by atoms with E-state index in [-0.39, 0.29) is 23.8 Å². The van der Waals surface area contributed by atoms with E-state index in [0.717, 1.165) is 19.6 Å². The molecule has 0 N–H and O–H groups in total. The van der Waals surface area contributed by atoms with Gasteiger partial charge in [0.1, 0.15) is 0 Å². The maximum Gasteiger partial charge on any atom is 0.339 e. The maximum atomic E-state index is 11.8. The van der Waals surface area contributed by atoms with Crippen molar-refractivity contribution in [1.29, 1.82) is 0 Å². The Bertz CT molecular complexity index is 392. The predicted molar refractivity (Wildman–Crippen MR) is 83.3 cm³/mol.